The lowest BCUT2D eigenvalue weighted by molar-refractivity contribution is -0.384. The first-order chi connectivity index (χ1) is 12.0. The van der Waals surface area contributed by atoms with Crippen molar-refractivity contribution in [3.8, 4) is 0 Å². The highest BCUT2D eigenvalue weighted by atomic mass is 32.2. The number of rotatable bonds is 6. The average molecular weight is 356 g/mol. The molecule has 0 unspecified atom stereocenters. The van der Waals surface area contributed by atoms with Crippen molar-refractivity contribution in [3.63, 3.8) is 0 Å². The number of amides is 1. The van der Waals surface area contributed by atoms with E-state index in [0.29, 0.717) is 11.4 Å². The van der Waals surface area contributed by atoms with E-state index in [4.69, 9.17) is 0 Å². The summed E-state index contributed by atoms with van der Waals surface area (Å²) in [5, 5.41) is 14.3. The summed E-state index contributed by atoms with van der Waals surface area (Å²) in [6, 6.07) is 12.1. The molecule has 25 heavy (non-hydrogen) atoms. The number of hydrogen-bond acceptors (Lipinski definition) is 5. The van der Waals surface area contributed by atoms with Gasteiger partial charge in [0.05, 0.1) is 21.6 Å². The van der Waals surface area contributed by atoms with Crippen LogP contribution in [0.25, 0.3) is 11.0 Å². The summed E-state index contributed by atoms with van der Waals surface area (Å²) in [5.74, 6) is 0.367. The summed E-state index contributed by atoms with van der Waals surface area (Å²) < 4.78 is 0. The van der Waals surface area contributed by atoms with E-state index in [1.54, 1.807) is 13.0 Å². The van der Waals surface area contributed by atoms with Crippen LogP contribution in [0.3, 0.4) is 0 Å². The number of para-hydroxylation sites is 2. The molecule has 1 amide bonds. The second-order valence-electron chi connectivity index (χ2n) is 5.46. The number of fused-ring (bicyclic) bond motifs is 1. The number of aryl methyl sites for hydroxylation is 1. The van der Waals surface area contributed by atoms with Gasteiger partial charge < -0.3 is 10.3 Å². The summed E-state index contributed by atoms with van der Waals surface area (Å²) in [7, 11) is 0. The topological polar surface area (TPSA) is 101 Å². The van der Waals surface area contributed by atoms with Crippen molar-refractivity contribution in [2.45, 2.75) is 18.5 Å². The zero-order valence-electron chi connectivity index (χ0n) is 13.5. The van der Waals surface area contributed by atoms with Gasteiger partial charge in [0.25, 0.3) is 5.69 Å². The number of non-ortho nitro benzene ring substituents is 1. The second kappa shape index (κ2) is 7.35. The van der Waals surface area contributed by atoms with Crippen LogP contribution in [0, 0.1) is 17.0 Å². The average Bonchev–Trinajstić information content (AvgIpc) is 2.99. The van der Waals surface area contributed by atoms with Crippen LogP contribution in [0.5, 0.6) is 0 Å². The SMILES string of the molecule is Cc1ccc([N+](=O)[O-])cc1NC(=O)CCSc1nc2ccccc2[nH]1. The maximum absolute atomic E-state index is 12.1. The molecule has 0 spiro atoms. The Kier molecular flexibility index (Phi) is 4.99. The molecule has 2 aromatic carbocycles. The van der Waals surface area contributed by atoms with Crippen LogP contribution in [-0.2, 0) is 4.79 Å². The molecule has 0 aliphatic heterocycles. The van der Waals surface area contributed by atoms with E-state index in [0.717, 1.165) is 21.8 Å². The molecule has 0 fully saturated rings. The third kappa shape index (κ3) is 4.16. The van der Waals surface area contributed by atoms with Crippen molar-refractivity contribution in [2.75, 3.05) is 11.1 Å². The fraction of sp³-hybridized carbons (Fsp3) is 0.176. The minimum atomic E-state index is -0.480. The van der Waals surface area contributed by atoms with E-state index >= 15 is 0 Å². The number of imidazole rings is 1. The number of nitrogens with zero attached hydrogens (tertiary/aromatic N) is 2. The van der Waals surface area contributed by atoms with Gasteiger partial charge in [0, 0.05) is 24.3 Å². The number of carbonyl (C=O) groups excluding carboxylic acids is 1. The zero-order valence-corrected chi connectivity index (χ0v) is 14.3. The van der Waals surface area contributed by atoms with Crippen LogP contribution in [0.4, 0.5) is 11.4 Å². The normalized spacial score (nSPS) is 10.8. The lowest BCUT2D eigenvalue weighted by Crippen LogP contribution is -2.13. The highest BCUT2D eigenvalue weighted by molar-refractivity contribution is 7.99. The third-order valence-corrected chi connectivity index (χ3v) is 4.52. The summed E-state index contributed by atoms with van der Waals surface area (Å²) >= 11 is 1.46. The molecule has 0 aliphatic rings. The second-order valence-corrected chi connectivity index (χ2v) is 6.55. The Hall–Kier alpha value is -2.87. The number of H-pyrrole nitrogens is 1. The van der Waals surface area contributed by atoms with E-state index < -0.39 is 4.92 Å². The van der Waals surface area contributed by atoms with Crippen molar-refractivity contribution in [1.82, 2.24) is 9.97 Å². The number of benzene rings is 2. The van der Waals surface area contributed by atoms with E-state index in [-0.39, 0.29) is 18.0 Å². The van der Waals surface area contributed by atoms with Gasteiger partial charge in [-0.1, -0.05) is 30.0 Å². The maximum Gasteiger partial charge on any atom is 0.271 e. The number of thioether (sulfide) groups is 1. The van der Waals surface area contributed by atoms with Crippen LogP contribution in [0.2, 0.25) is 0 Å². The molecule has 1 aromatic heterocycles. The van der Waals surface area contributed by atoms with Gasteiger partial charge in [-0.25, -0.2) is 4.98 Å². The van der Waals surface area contributed by atoms with Gasteiger partial charge in [0.2, 0.25) is 5.91 Å². The first-order valence-electron chi connectivity index (χ1n) is 7.65. The number of hydrogen-bond donors (Lipinski definition) is 2. The standard InChI is InChI=1S/C17H16N4O3S/c1-11-6-7-12(21(23)24)10-15(11)18-16(22)8-9-25-17-19-13-4-2-3-5-14(13)20-17/h2-7,10H,8-9H2,1H3,(H,18,22)(H,19,20). The van der Waals surface area contributed by atoms with Crippen LogP contribution in [0.15, 0.2) is 47.6 Å². The molecule has 1 heterocycles. The molecule has 128 valence electrons. The lowest BCUT2D eigenvalue weighted by atomic mass is 10.2. The molecule has 8 heteroatoms. The predicted octanol–water partition coefficient (Wildman–Crippen LogP) is 3.90. The van der Waals surface area contributed by atoms with Gasteiger partial charge in [0.15, 0.2) is 5.16 Å². The molecular weight excluding hydrogens is 340 g/mol. The smallest absolute Gasteiger partial charge is 0.271 e. The quantitative estimate of drug-likeness (QED) is 0.396. The summed E-state index contributed by atoms with van der Waals surface area (Å²) in [6.07, 6.45) is 0.282. The monoisotopic (exact) mass is 356 g/mol. The van der Waals surface area contributed by atoms with Crippen molar-refractivity contribution in [2.24, 2.45) is 0 Å². The lowest BCUT2D eigenvalue weighted by Gasteiger charge is -2.07. The Morgan fingerprint density at radius 1 is 1.32 bits per heavy atom. The summed E-state index contributed by atoms with van der Waals surface area (Å²) in [4.78, 5) is 30.1. The largest absolute Gasteiger partial charge is 0.333 e. The maximum atomic E-state index is 12.1. The Morgan fingerprint density at radius 3 is 2.88 bits per heavy atom. The van der Waals surface area contributed by atoms with Gasteiger partial charge >= 0.3 is 0 Å². The van der Waals surface area contributed by atoms with E-state index in [1.807, 2.05) is 24.3 Å². The van der Waals surface area contributed by atoms with Gasteiger partial charge in [0.1, 0.15) is 0 Å². The molecule has 0 bridgehead atoms. The zero-order chi connectivity index (χ0) is 17.8. The first kappa shape index (κ1) is 17.0. The molecule has 0 radical (unpaired) electrons. The Morgan fingerprint density at radius 2 is 2.12 bits per heavy atom. The van der Waals surface area contributed by atoms with Crippen molar-refractivity contribution >= 4 is 40.1 Å². The Labute approximate surface area is 148 Å². The number of anilines is 1. The number of aromatic amines is 1. The molecule has 0 atom stereocenters. The fourth-order valence-corrected chi connectivity index (χ4v) is 3.13. The van der Waals surface area contributed by atoms with E-state index in [2.05, 4.69) is 15.3 Å². The van der Waals surface area contributed by atoms with Gasteiger partial charge in [-0.3, -0.25) is 14.9 Å². The molecule has 0 aliphatic carbocycles. The van der Waals surface area contributed by atoms with E-state index in [1.165, 1.54) is 23.9 Å². The highest BCUT2D eigenvalue weighted by Crippen LogP contribution is 2.23. The summed E-state index contributed by atoms with van der Waals surface area (Å²) in [6.45, 7) is 1.79. The van der Waals surface area contributed by atoms with Crippen LogP contribution < -0.4 is 5.32 Å². The van der Waals surface area contributed by atoms with Crippen LogP contribution >= 0.6 is 11.8 Å². The van der Waals surface area contributed by atoms with Crippen molar-refractivity contribution in [3.05, 3.63) is 58.1 Å². The van der Waals surface area contributed by atoms with E-state index in [9.17, 15) is 14.9 Å². The van der Waals surface area contributed by atoms with Crippen LogP contribution in [-0.4, -0.2) is 26.6 Å². The third-order valence-electron chi connectivity index (χ3n) is 3.64. The molecule has 0 saturated heterocycles. The molecule has 2 N–H and O–H groups in total. The minimum Gasteiger partial charge on any atom is -0.333 e. The fourth-order valence-electron chi connectivity index (χ4n) is 2.31. The van der Waals surface area contributed by atoms with Gasteiger partial charge in [-0.2, -0.15) is 0 Å². The number of carbonyl (C=O) groups is 1. The Bertz CT molecular complexity index is 906. The van der Waals surface area contributed by atoms with Crippen molar-refractivity contribution in [1.29, 1.82) is 0 Å². The van der Waals surface area contributed by atoms with Crippen molar-refractivity contribution < 1.29 is 9.72 Å². The number of nitro benzene ring substituents is 1. The Balaban J connectivity index is 1.56. The number of nitro groups is 1. The molecule has 7 nitrogen and oxygen atoms in total. The van der Waals surface area contributed by atoms with Gasteiger partial charge in [-0.15, -0.1) is 0 Å². The van der Waals surface area contributed by atoms with Crippen LogP contribution in [0.1, 0.15) is 12.0 Å². The number of nitrogens with one attached hydrogen (secondary N) is 2. The molecule has 0 saturated carbocycles. The minimum absolute atomic E-state index is 0.0439. The predicted molar refractivity (Wildman–Crippen MR) is 97.9 cm³/mol. The number of aromatic nitrogens is 2. The highest BCUT2D eigenvalue weighted by Gasteiger charge is 2.11. The first-order valence-corrected chi connectivity index (χ1v) is 8.64. The summed E-state index contributed by atoms with van der Waals surface area (Å²) in [5.41, 5.74) is 3.05. The molecule has 3 aromatic rings. The molecule has 3 rings (SSSR count). The molecular formula is C17H16N4O3S. The van der Waals surface area contributed by atoms with Gasteiger partial charge in [-0.05, 0) is 24.6 Å².